The van der Waals surface area contributed by atoms with Gasteiger partial charge in [0.1, 0.15) is 0 Å². The molecule has 0 aromatic carbocycles. The molecule has 2 fully saturated rings. The van der Waals surface area contributed by atoms with Gasteiger partial charge in [0, 0.05) is 12.0 Å². The van der Waals surface area contributed by atoms with Crippen LogP contribution in [0, 0.1) is 11.8 Å². The molecule has 15 heavy (non-hydrogen) atoms. The summed E-state index contributed by atoms with van der Waals surface area (Å²) < 4.78 is 0. The van der Waals surface area contributed by atoms with Gasteiger partial charge in [0.05, 0.1) is 5.71 Å². The van der Waals surface area contributed by atoms with Crippen LogP contribution in [-0.4, -0.2) is 36.0 Å². The summed E-state index contributed by atoms with van der Waals surface area (Å²) in [6, 6.07) is 0.695. The first-order chi connectivity index (χ1) is 7.24. The van der Waals surface area contributed by atoms with Crippen molar-refractivity contribution in [2.45, 2.75) is 44.6 Å². The van der Waals surface area contributed by atoms with Gasteiger partial charge in [-0.2, -0.15) is 0 Å². The van der Waals surface area contributed by atoms with Crippen molar-refractivity contribution >= 4 is 5.71 Å². The lowest BCUT2D eigenvalue weighted by Crippen LogP contribution is -2.46. The van der Waals surface area contributed by atoms with Crippen LogP contribution in [-0.2, 0) is 0 Å². The maximum atomic E-state index is 9.03. The van der Waals surface area contributed by atoms with Crippen LogP contribution in [0.5, 0.6) is 0 Å². The van der Waals surface area contributed by atoms with Crippen molar-refractivity contribution in [3.8, 4) is 0 Å². The van der Waals surface area contributed by atoms with Crippen LogP contribution in [0.15, 0.2) is 5.16 Å². The van der Waals surface area contributed by atoms with E-state index in [0.29, 0.717) is 12.0 Å². The number of hydrogen-bond acceptors (Lipinski definition) is 3. The number of rotatable bonds is 1. The molecule has 3 unspecified atom stereocenters. The van der Waals surface area contributed by atoms with Gasteiger partial charge >= 0.3 is 0 Å². The van der Waals surface area contributed by atoms with E-state index in [0.717, 1.165) is 18.1 Å². The third kappa shape index (κ3) is 2.03. The van der Waals surface area contributed by atoms with E-state index in [1.807, 2.05) is 0 Å². The molecule has 0 bridgehead atoms. The SMILES string of the molecule is CN(C)C1CCCC2C(=NO)CCCC21. The zero-order valence-electron chi connectivity index (χ0n) is 9.82. The van der Waals surface area contributed by atoms with Crippen molar-refractivity contribution in [1.82, 2.24) is 4.90 Å². The van der Waals surface area contributed by atoms with Gasteiger partial charge in [0.25, 0.3) is 0 Å². The molecule has 1 N–H and O–H groups in total. The molecular formula is C12H22N2O. The second kappa shape index (κ2) is 4.52. The van der Waals surface area contributed by atoms with Gasteiger partial charge in [-0.1, -0.05) is 11.6 Å². The quantitative estimate of drug-likeness (QED) is 0.532. The highest BCUT2D eigenvalue weighted by molar-refractivity contribution is 5.87. The summed E-state index contributed by atoms with van der Waals surface area (Å²) in [6.07, 6.45) is 7.35. The molecule has 0 radical (unpaired) electrons. The molecule has 3 nitrogen and oxygen atoms in total. The summed E-state index contributed by atoms with van der Waals surface area (Å²) >= 11 is 0. The number of hydrogen-bond donors (Lipinski definition) is 1. The maximum Gasteiger partial charge on any atom is 0.0605 e. The largest absolute Gasteiger partial charge is 0.411 e. The van der Waals surface area contributed by atoms with E-state index >= 15 is 0 Å². The molecule has 2 saturated carbocycles. The van der Waals surface area contributed by atoms with Gasteiger partial charge in [0.15, 0.2) is 0 Å². The highest BCUT2D eigenvalue weighted by atomic mass is 16.4. The van der Waals surface area contributed by atoms with Crippen molar-refractivity contribution in [2.75, 3.05) is 14.1 Å². The van der Waals surface area contributed by atoms with Crippen LogP contribution >= 0.6 is 0 Å². The molecule has 3 atom stereocenters. The Morgan fingerprint density at radius 3 is 2.67 bits per heavy atom. The zero-order chi connectivity index (χ0) is 10.8. The Bertz CT molecular complexity index is 250. The topological polar surface area (TPSA) is 35.8 Å². The highest BCUT2D eigenvalue weighted by Crippen LogP contribution is 2.40. The average Bonchev–Trinajstić information content (AvgIpc) is 2.27. The molecular weight excluding hydrogens is 188 g/mol. The number of nitrogens with zero attached hydrogens (tertiary/aromatic N) is 2. The highest BCUT2D eigenvalue weighted by Gasteiger charge is 2.39. The zero-order valence-corrected chi connectivity index (χ0v) is 9.82. The molecule has 86 valence electrons. The Hall–Kier alpha value is -0.570. The van der Waals surface area contributed by atoms with Gasteiger partial charge in [-0.15, -0.1) is 0 Å². The maximum absolute atomic E-state index is 9.03. The summed E-state index contributed by atoms with van der Waals surface area (Å²) in [7, 11) is 4.36. The van der Waals surface area contributed by atoms with Gasteiger partial charge < -0.3 is 10.1 Å². The van der Waals surface area contributed by atoms with E-state index in [1.165, 1.54) is 32.1 Å². The van der Waals surface area contributed by atoms with Gasteiger partial charge in [-0.05, 0) is 52.1 Å². The Morgan fingerprint density at radius 1 is 1.20 bits per heavy atom. The summed E-state index contributed by atoms with van der Waals surface area (Å²) in [6.45, 7) is 0. The minimum atomic E-state index is 0.560. The van der Waals surface area contributed by atoms with Gasteiger partial charge in [0.2, 0.25) is 0 Å². The monoisotopic (exact) mass is 210 g/mol. The van der Waals surface area contributed by atoms with Crippen molar-refractivity contribution in [3.63, 3.8) is 0 Å². The molecule has 0 aliphatic heterocycles. The Kier molecular flexibility index (Phi) is 3.29. The van der Waals surface area contributed by atoms with E-state index in [2.05, 4.69) is 24.2 Å². The van der Waals surface area contributed by atoms with Crippen LogP contribution in [0.1, 0.15) is 38.5 Å². The first-order valence-electron chi connectivity index (χ1n) is 6.11. The first-order valence-corrected chi connectivity index (χ1v) is 6.11. The van der Waals surface area contributed by atoms with Crippen LogP contribution in [0.25, 0.3) is 0 Å². The van der Waals surface area contributed by atoms with E-state index in [4.69, 9.17) is 5.21 Å². The van der Waals surface area contributed by atoms with Crippen LogP contribution in [0.2, 0.25) is 0 Å². The number of fused-ring (bicyclic) bond motifs is 1. The molecule has 3 heteroatoms. The fourth-order valence-electron chi connectivity index (χ4n) is 3.52. The van der Waals surface area contributed by atoms with Crippen LogP contribution in [0.4, 0.5) is 0 Å². The standard InChI is InChI=1S/C12H22N2O/c1-14(2)12-8-4-5-9-10(12)6-3-7-11(9)13-15/h9-10,12,15H,3-8H2,1-2H3. The van der Waals surface area contributed by atoms with Crippen LogP contribution < -0.4 is 0 Å². The smallest absolute Gasteiger partial charge is 0.0605 e. The number of oxime groups is 1. The lowest BCUT2D eigenvalue weighted by molar-refractivity contribution is 0.111. The fourth-order valence-corrected chi connectivity index (χ4v) is 3.52. The minimum Gasteiger partial charge on any atom is -0.411 e. The first kappa shape index (κ1) is 10.9. The molecule has 0 spiro atoms. The van der Waals surface area contributed by atoms with E-state index < -0.39 is 0 Å². The van der Waals surface area contributed by atoms with E-state index in [-0.39, 0.29) is 0 Å². The van der Waals surface area contributed by atoms with Crippen LogP contribution in [0.3, 0.4) is 0 Å². The Labute approximate surface area is 92.1 Å². The molecule has 0 amide bonds. The van der Waals surface area contributed by atoms with Gasteiger partial charge in [-0.3, -0.25) is 0 Å². The normalized spacial score (nSPS) is 39.4. The van der Waals surface area contributed by atoms with E-state index in [1.54, 1.807) is 0 Å². The third-order valence-electron chi connectivity index (χ3n) is 4.22. The Morgan fingerprint density at radius 2 is 2.00 bits per heavy atom. The molecule has 0 aromatic rings. The van der Waals surface area contributed by atoms with Crippen molar-refractivity contribution < 1.29 is 5.21 Å². The molecule has 2 aliphatic rings. The summed E-state index contributed by atoms with van der Waals surface area (Å²) in [4.78, 5) is 2.36. The molecule has 0 heterocycles. The lowest BCUT2D eigenvalue weighted by Gasteiger charge is -2.44. The second-order valence-corrected chi connectivity index (χ2v) is 5.22. The lowest BCUT2D eigenvalue weighted by atomic mass is 9.67. The summed E-state index contributed by atoms with van der Waals surface area (Å²) in [5.74, 6) is 1.29. The van der Waals surface area contributed by atoms with Crippen molar-refractivity contribution in [3.05, 3.63) is 0 Å². The Balaban J connectivity index is 2.15. The molecule has 0 aromatic heterocycles. The molecule has 2 aliphatic carbocycles. The predicted molar refractivity (Wildman–Crippen MR) is 61.4 cm³/mol. The summed E-state index contributed by atoms with van der Waals surface area (Å²) in [5.41, 5.74) is 1.07. The van der Waals surface area contributed by atoms with Crippen molar-refractivity contribution in [1.29, 1.82) is 0 Å². The summed E-state index contributed by atoms with van der Waals surface area (Å²) in [5, 5.41) is 12.6. The predicted octanol–water partition coefficient (Wildman–Crippen LogP) is 2.35. The van der Waals surface area contributed by atoms with Crippen molar-refractivity contribution in [2.24, 2.45) is 17.0 Å². The van der Waals surface area contributed by atoms with Gasteiger partial charge in [-0.25, -0.2) is 0 Å². The fraction of sp³-hybridized carbons (Fsp3) is 0.917. The molecule has 2 rings (SSSR count). The molecule has 0 saturated heterocycles. The average molecular weight is 210 g/mol. The third-order valence-corrected chi connectivity index (χ3v) is 4.22. The second-order valence-electron chi connectivity index (χ2n) is 5.22. The minimum absolute atomic E-state index is 0.560. The van der Waals surface area contributed by atoms with E-state index in [9.17, 15) is 0 Å².